The van der Waals surface area contributed by atoms with E-state index in [0.717, 1.165) is 24.8 Å². The van der Waals surface area contributed by atoms with E-state index in [-0.39, 0.29) is 24.4 Å². The second-order valence-electron chi connectivity index (χ2n) is 5.84. The molecule has 3 N–H and O–H groups in total. The third kappa shape index (κ3) is 3.57. The van der Waals surface area contributed by atoms with Crippen molar-refractivity contribution in [3.05, 3.63) is 41.7 Å². The van der Waals surface area contributed by atoms with Crippen LogP contribution in [0.3, 0.4) is 0 Å². The molecule has 0 radical (unpaired) electrons. The molecule has 1 aliphatic carbocycles. The van der Waals surface area contributed by atoms with Crippen LogP contribution in [0.2, 0.25) is 0 Å². The summed E-state index contributed by atoms with van der Waals surface area (Å²) in [6.45, 7) is 2.38. The van der Waals surface area contributed by atoms with Crippen LogP contribution in [-0.2, 0) is 0 Å². The molecule has 2 atom stereocenters. The number of nitrogens with zero attached hydrogens (tertiary/aromatic N) is 1. The van der Waals surface area contributed by atoms with E-state index in [9.17, 15) is 4.79 Å². The number of aromatic nitrogens is 1. The maximum atomic E-state index is 12.7. The van der Waals surface area contributed by atoms with Crippen LogP contribution in [0.5, 0.6) is 0 Å². The normalized spacial score (nSPS) is 20.1. The van der Waals surface area contributed by atoms with Gasteiger partial charge in [0.05, 0.1) is 0 Å². The zero-order valence-corrected chi connectivity index (χ0v) is 13.9. The maximum Gasteiger partial charge on any atom is 0.257 e. The smallest absolute Gasteiger partial charge is 0.257 e. The Morgan fingerprint density at radius 3 is 2.78 bits per heavy atom. The van der Waals surface area contributed by atoms with E-state index in [1.807, 2.05) is 30.3 Å². The average molecular weight is 336 g/mol. The van der Waals surface area contributed by atoms with Crippen molar-refractivity contribution in [2.75, 3.05) is 6.54 Å². The van der Waals surface area contributed by atoms with Crippen molar-refractivity contribution in [1.29, 1.82) is 0 Å². The Labute approximate surface area is 142 Å². The molecule has 0 bridgehead atoms. The van der Waals surface area contributed by atoms with E-state index in [0.29, 0.717) is 29.5 Å². The lowest BCUT2D eigenvalue weighted by atomic mass is 10.0. The van der Waals surface area contributed by atoms with Gasteiger partial charge in [0.1, 0.15) is 17.0 Å². The summed E-state index contributed by atoms with van der Waals surface area (Å²) in [6.07, 6.45) is 3.18. The number of amides is 1. The predicted octanol–water partition coefficient (Wildman–Crippen LogP) is 2.93. The van der Waals surface area contributed by atoms with Crippen molar-refractivity contribution in [3.63, 3.8) is 0 Å². The van der Waals surface area contributed by atoms with Crippen LogP contribution >= 0.6 is 12.4 Å². The fourth-order valence-electron chi connectivity index (χ4n) is 3.18. The third-order valence-corrected chi connectivity index (χ3v) is 4.42. The first kappa shape index (κ1) is 17.5. The molecule has 1 aliphatic rings. The van der Waals surface area contributed by atoms with Gasteiger partial charge in [-0.15, -0.1) is 12.4 Å². The van der Waals surface area contributed by atoms with Gasteiger partial charge < -0.3 is 15.6 Å². The standard InChI is InChI=1S/C17H21N3O2.ClH/c1-11-15(16(20-22-11)12-6-3-2-4-7-12)17(21)19-14-9-5-8-13(14)10-18;/h2-4,6-7,13-14H,5,8-10,18H2,1H3,(H,19,21);1H. The van der Waals surface area contributed by atoms with E-state index < -0.39 is 0 Å². The molecular formula is C17H22ClN3O2. The molecule has 1 amide bonds. The van der Waals surface area contributed by atoms with Gasteiger partial charge >= 0.3 is 0 Å². The van der Waals surface area contributed by atoms with Crippen LogP contribution in [-0.4, -0.2) is 23.7 Å². The lowest BCUT2D eigenvalue weighted by Crippen LogP contribution is -2.40. The van der Waals surface area contributed by atoms with E-state index >= 15 is 0 Å². The van der Waals surface area contributed by atoms with Gasteiger partial charge in [-0.2, -0.15) is 0 Å². The molecule has 1 aromatic heterocycles. The quantitative estimate of drug-likeness (QED) is 0.900. The van der Waals surface area contributed by atoms with Gasteiger partial charge in [0.15, 0.2) is 0 Å². The summed E-state index contributed by atoms with van der Waals surface area (Å²) in [5.41, 5.74) is 7.79. The molecule has 3 rings (SSSR count). The van der Waals surface area contributed by atoms with Crippen LogP contribution in [0, 0.1) is 12.8 Å². The third-order valence-electron chi connectivity index (χ3n) is 4.42. The minimum atomic E-state index is -0.122. The molecule has 1 heterocycles. The maximum absolute atomic E-state index is 12.7. The Bertz CT molecular complexity index is 657. The highest BCUT2D eigenvalue weighted by Crippen LogP contribution is 2.28. The van der Waals surface area contributed by atoms with Crippen molar-refractivity contribution < 1.29 is 9.32 Å². The fraction of sp³-hybridized carbons (Fsp3) is 0.412. The Hall–Kier alpha value is -1.85. The van der Waals surface area contributed by atoms with Gasteiger partial charge in [0.2, 0.25) is 0 Å². The largest absolute Gasteiger partial charge is 0.360 e. The van der Waals surface area contributed by atoms with Crippen molar-refractivity contribution in [3.8, 4) is 11.3 Å². The Morgan fingerprint density at radius 2 is 2.09 bits per heavy atom. The Balaban J connectivity index is 0.00000192. The number of rotatable bonds is 4. The van der Waals surface area contributed by atoms with E-state index in [1.165, 1.54) is 0 Å². The minimum Gasteiger partial charge on any atom is -0.360 e. The highest BCUT2D eigenvalue weighted by atomic mass is 35.5. The second kappa shape index (κ2) is 7.62. The number of halogens is 1. The topological polar surface area (TPSA) is 81.2 Å². The summed E-state index contributed by atoms with van der Waals surface area (Å²) in [5, 5.41) is 7.17. The fourth-order valence-corrected chi connectivity index (χ4v) is 3.18. The molecule has 6 heteroatoms. The summed E-state index contributed by atoms with van der Waals surface area (Å²) in [7, 11) is 0. The number of nitrogens with one attached hydrogen (secondary N) is 1. The SMILES string of the molecule is Cc1onc(-c2ccccc2)c1C(=O)NC1CCCC1CN.Cl. The molecule has 124 valence electrons. The van der Waals surface area contributed by atoms with Crippen molar-refractivity contribution in [1.82, 2.24) is 10.5 Å². The van der Waals surface area contributed by atoms with Crippen molar-refractivity contribution in [2.24, 2.45) is 11.7 Å². The summed E-state index contributed by atoms with van der Waals surface area (Å²) >= 11 is 0. The minimum absolute atomic E-state index is 0. The van der Waals surface area contributed by atoms with Gasteiger partial charge in [0, 0.05) is 11.6 Å². The number of benzene rings is 1. The van der Waals surface area contributed by atoms with Gasteiger partial charge in [-0.25, -0.2) is 0 Å². The second-order valence-corrected chi connectivity index (χ2v) is 5.84. The van der Waals surface area contributed by atoms with Crippen LogP contribution < -0.4 is 11.1 Å². The van der Waals surface area contributed by atoms with Crippen LogP contribution in [0.4, 0.5) is 0 Å². The monoisotopic (exact) mass is 335 g/mol. The van der Waals surface area contributed by atoms with Crippen LogP contribution in [0.15, 0.2) is 34.9 Å². The summed E-state index contributed by atoms with van der Waals surface area (Å²) in [4.78, 5) is 12.7. The molecule has 23 heavy (non-hydrogen) atoms. The summed E-state index contributed by atoms with van der Waals surface area (Å²) < 4.78 is 5.25. The number of carbonyl (C=O) groups excluding carboxylic acids is 1. The van der Waals surface area contributed by atoms with E-state index in [1.54, 1.807) is 6.92 Å². The molecule has 5 nitrogen and oxygen atoms in total. The Morgan fingerprint density at radius 1 is 1.35 bits per heavy atom. The van der Waals surface area contributed by atoms with Crippen LogP contribution in [0.1, 0.15) is 35.4 Å². The molecule has 1 saturated carbocycles. The highest BCUT2D eigenvalue weighted by Gasteiger charge is 2.30. The average Bonchev–Trinajstić information content (AvgIpc) is 3.14. The number of carbonyl (C=O) groups is 1. The highest BCUT2D eigenvalue weighted by molar-refractivity contribution is 6.00. The summed E-state index contributed by atoms with van der Waals surface area (Å²) in [6, 6.07) is 9.76. The number of aryl methyl sites for hydroxylation is 1. The lowest BCUT2D eigenvalue weighted by Gasteiger charge is -2.19. The molecule has 0 aliphatic heterocycles. The molecule has 0 saturated heterocycles. The lowest BCUT2D eigenvalue weighted by molar-refractivity contribution is 0.0928. The molecule has 0 spiro atoms. The first-order valence-corrected chi connectivity index (χ1v) is 7.73. The Kier molecular flexibility index (Phi) is 5.80. The van der Waals surface area contributed by atoms with Gasteiger partial charge in [-0.3, -0.25) is 4.79 Å². The molecule has 2 aromatic rings. The first-order chi connectivity index (χ1) is 10.7. The zero-order valence-electron chi connectivity index (χ0n) is 13.1. The zero-order chi connectivity index (χ0) is 15.5. The van der Waals surface area contributed by atoms with Crippen LogP contribution in [0.25, 0.3) is 11.3 Å². The van der Waals surface area contributed by atoms with Crippen molar-refractivity contribution in [2.45, 2.75) is 32.2 Å². The molecule has 2 unspecified atom stereocenters. The van der Waals surface area contributed by atoms with Gasteiger partial charge in [-0.05, 0) is 32.2 Å². The molecule has 1 fully saturated rings. The van der Waals surface area contributed by atoms with Gasteiger partial charge in [-0.1, -0.05) is 41.9 Å². The summed E-state index contributed by atoms with van der Waals surface area (Å²) in [5.74, 6) is 0.783. The predicted molar refractivity (Wildman–Crippen MR) is 91.6 cm³/mol. The molecule has 1 aromatic carbocycles. The number of hydrogen-bond acceptors (Lipinski definition) is 4. The molecular weight excluding hydrogens is 314 g/mol. The first-order valence-electron chi connectivity index (χ1n) is 7.73. The van der Waals surface area contributed by atoms with E-state index in [2.05, 4.69) is 10.5 Å². The van der Waals surface area contributed by atoms with E-state index in [4.69, 9.17) is 10.3 Å². The van der Waals surface area contributed by atoms with Crippen molar-refractivity contribution >= 4 is 18.3 Å². The number of nitrogens with two attached hydrogens (primary N) is 1. The van der Waals surface area contributed by atoms with Gasteiger partial charge in [0.25, 0.3) is 5.91 Å². The number of hydrogen-bond donors (Lipinski definition) is 2.